The van der Waals surface area contributed by atoms with E-state index in [-0.39, 0.29) is 6.61 Å². The molecular weight excluding hydrogens is 542 g/mol. The van der Waals surface area contributed by atoms with Crippen LogP contribution in [0, 0.1) is 20.8 Å². The van der Waals surface area contributed by atoms with Gasteiger partial charge in [-0.2, -0.15) is 0 Å². The molecule has 2 aromatic heterocycles. The lowest BCUT2D eigenvalue weighted by atomic mass is 9.99. The van der Waals surface area contributed by atoms with Crippen LogP contribution >= 0.6 is 11.6 Å². The van der Waals surface area contributed by atoms with Crippen molar-refractivity contribution in [1.29, 1.82) is 0 Å². The van der Waals surface area contributed by atoms with Gasteiger partial charge in [0.1, 0.15) is 24.2 Å². The molecule has 0 aliphatic carbocycles. The maximum atomic E-state index is 10.1. The van der Waals surface area contributed by atoms with Crippen molar-refractivity contribution in [2.45, 2.75) is 71.9 Å². The molecule has 1 aliphatic heterocycles. The first-order chi connectivity index (χ1) is 19.7. The van der Waals surface area contributed by atoms with E-state index in [4.69, 9.17) is 35.6 Å². The molecule has 41 heavy (non-hydrogen) atoms. The highest BCUT2D eigenvalue weighted by molar-refractivity contribution is 6.33. The summed E-state index contributed by atoms with van der Waals surface area (Å²) in [4.78, 5) is 12.3. The standard InChI is InChI=1S/C31H42ClN5O4/c1-7-39-22(5)37-15-9-11-23(37)10-8-12-28-19(2)30(29-20(3)36-41-21(29)4)35-31(34-28)26-16-25(13-14-27(26)32)40-18-24(38)17-33-6/h13-14,16,23-24,33,38H,5,7-12,15,17-18H2,1-4,6H3/t23-,24+/m0/s1. The third kappa shape index (κ3) is 7.39. The van der Waals surface area contributed by atoms with Crippen LogP contribution in [0.4, 0.5) is 0 Å². The molecule has 1 fully saturated rings. The molecule has 222 valence electrons. The van der Waals surface area contributed by atoms with Gasteiger partial charge >= 0.3 is 0 Å². The minimum atomic E-state index is -0.631. The number of aromatic nitrogens is 3. The Morgan fingerprint density at radius 2 is 2.10 bits per heavy atom. The summed E-state index contributed by atoms with van der Waals surface area (Å²) < 4.78 is 17.1. The quantitative estimate of drug-likeness (QED) is 0.233. The van der Waals surface area contributed by atoms with Gasteiger partial charge in [-0.05, 0) is 97.2 Å². The molecule has 1 aliphatic rings. The third-order valence-corrected chi connectivity index (χ3v) is 7.87. The van der Waals surface area contributed by atoms with Crippen LogP contribution in [0.1, 0.15) is 55.3 Å². The maximum Gasteiger partial charge on any atom is 0.181 e. The Kier molecular flexibility index (Phi) is 10.6. The number of rotatable bonds is 14. The highest BCUT2D eigenvalue weighted by atomic mass is 35.5. The van der Waals surface area contributed by atoms with Gasteiger partial charge in [-0.15, -0.1) is 0 Å². The molecule has 0 saturated carbocycles. The zero-order valence-electron chi connectivity index (χ0n) is 24.8. The summed E-state index contributed by atoms with van der Waals surface area (Å²) in [6.45, 7) is 14.2. The number of hydrogen-bond donors (Lipinski definition) is 2. The predicted molar refractivity (Wildman–Crippen MR) is 161 cm³/mol. The van der Waals surface area contributed by atoms with E-state index in [9.17, 15) is 5.11 Å². The lowest BCUT2D eigenvalue weighted by molar-refractivity contribution is 0.108. The monoisotopic (exact) mass is 583 g/mol. The van der Waals surface area contributed by atoms with Crippen LogP contribution in [0.3, 0.4) is 0 Å². The second kappa shape index (κ2) is 14.2. The predicted octanol–water partition coefficient (Wildman–Crippen LogP) is 5.63. The lowest BCUT2D eigenvalue weighted by Crippen LogP contribution is -2.29. The summed E-state index contributed by atoms with van der Waals surface area (Å²) in [7, 11) is 1.79. The molecule has 1 aromatic carbocycles. The number of likely N-dealkylation sites (N-methyl/N-ethyl adjacent to an activating group) is 1. The van der Waals surface area contributed by atoms with Crippen molar-refractivity contribution in [1.82, 2.24) is 25.3 Å². The van der Waals surface area contributed by atoms with Crippen molar-refractivity contribution in [3.63, 3.8) is 0 Å². The Hall–Kier alpha value is -3.14. The molecule has 0 spiro atoms. The highest BCUT2D eigenvalue weighted by Crippen LogP contribution is 2.35. The fraction of sp³-hybridized carbons (Fsp3) is 0.516. The first-order valence-corrected chi connectivity index (χ1v) is 14.8. The first kappa shape index (κ1) is 30.8. The van der Waals surface area contributed by atoms with Crippen molar-refractivity contribution in [2.75, 3.05) is 33.4 Å². The molecular formula is C31H42ClN5O4. The summed E-state index contributed by atoms with van der Waals surface area (Å²) >= 11 is 6.69. The van der Waals surface area contributed by atoms with Crippen molar-refractivity contribution in [2.24, 2.45) is 0 Å². The average molecular weight is 584 g/mol. The van der Waals surface area contributed by atoms with Crippen LogP contribution in [-0.4, -0.2) is 70.6 Å². The Morgan fingerprint density at radius 1 is 1.29 bits per heavy atom. The molecule has 10 heteroatoms. The molecule has 2 N–H and O–H groups in total. The van der Waals surface area contributed by atoms with Gasteiger partial charge in [0.25, 0.3) is 0 Å². The molecule has 1 saturated heterocycles. The molecule has 2 atom stereocenters. The van der Waals surface area contributed by atoms with Gasteiger partial charge in [0.15, 0.2) is 11.7 Å². The van der Waals surface area contributed by atoms with Crippen LogP contribution < -0.4 is 10.1 Å². The molecule has 9 nitrogen and oxygen atoms in total. The van der Waals surface area contributed by atoms with Crippen LogP contribution in [0.5, 0.6) is 5.75 Å². The number of likely N-dealkylation sites (tertiary alicyclic amines) is 1. The van der Waals surface area contributed by atoms with Gasteiger partial charge in [-0.25, -0.2) is 9.97 Å². The summed E-state index contributed by atoms with van der Waals surface area (Å²) in [6.07, 6.45) is 4.41. The minimum absolute atomic E-state index is 0.153. The number of aliphatic hydroxyl groups is 1. The number of aliphatic hydroxyl groups excluding tert-OH is 1. The Bertz CT molecular complexity index is 1320. The van der Waals surface area contributed by atoms with E-state index in [1.54, 1.807) is 19.2 Å². The molecule has 0 radical (unpaired) electrons. The Labute approximate surface area is 247 Å². The van der Waals surface area contributed by atoms with Crippen LogP contribution in [0.2, 0.25) is 5.02 Å². The van der Waals surface area contributed by atoms with Crippen molar-refractivity contribution in [3.8, 4) is 28.4 Å². The van der Waals surface area contributed by atoms with E-state index < -0.39 is 6.10 Å². The van der Waals surface area contributed by atoms with Crippen LogP contribution in [0.15, 0.2) is 35.2 Å². The zero-order chi connectivity index (χ0) is 29.5. The van der Waals surface area contributed by atoms with Crippen LogP contribution in [-0.2, 0) is 11.2 Å². The summed E-state index contributed by atoms with van der Waals surface area (Å²) in [5.74, 6) is 2.57. The van der Waals surface area contributed by atoms with Crippen molar-refractivity contribution in [3.05, 3.63) is 58.4 Å². The summed E-state index contributed by atoms with van der Waals surface area (Å²) in [5.41, 5.74) is 5.07. The number of hydrogen-bond acceptors (Lipinski definition) is 9. The van der Waals surface area contributed by atoms with Crippen molar-refractivity contribution >= 4 is 11.6 Å². The van der Waals surface area contributed by atoms with E-state index in [0.29, 0.717) is 47.1 Å². The second-order valence-electron chi connectivity index (χ2n) is 10.5. The molecule has 0 bridgehead atoms. The number of halogens is 1. The number of benzene rings is 1. The maximum absolute atomic E-state index is 10.1. The fourth-order valence-corrected chi connectivity index (χ4v) is 5.66. The van der Waals surface area contributed by atoms with Crippen molar-refractivity contribution < 1.29 is 19.1 Å². The first-order valence-electron chi connectivity index (χ1n) is 14.4. The van der Waals surface area contributed by atoms with Gasteiger partial charge in [-0.1, -0.05) is 16.8 Å². The topological polar surface area (TPSA) is 106 Å². The number of ether oxygens (including phenoxy) is 2. The Morgan fingerprint density at radius 3 is 2.80 bits per heavy atom. The van der Waals surface area contributed by atoms with Gasteiger partial charge in [-0.3, -0.25) is 0 Å². The number of nitrogens with one attached hydrogen (secondary N) is 1. The van der Waals surface area contributed by atoms with E-state index in [2.05, 4.69) is 28.9 Å². The van der Waals surface area contributed by atoms with Gasteiger partial charge in [0.05, 0.1) is 28.6 Å². The number of nitrogens with zero attached hydrogens (tertiary/aromatic N) is 4. The molecule has 0 amide bonds. The lowest BCUT2D eigenvalue weighted by Gasteiger charge is -2.28. The third-order valence-electron chi connectivity index (χ3n) is 7.54. The van der Waals surface area contributed by atoms with E-state index in [1.165, 1.54) is 0 Å². The normalized spacial score (nSPS) is 15.8. The SMILES string of the molecule is C=C(OCC)N1CCC[C@@H]1CCCc1nc(-c2cc(OC[C@H](O)CNC)ccc2Cl)nc(-c2c(C)noc2C)c1C. The zero-order valence-corrected chi connectivity index (χ0v) is 25.6. The van der Waals surface area contributed by atoms with E-state index in [1.807, 2.05) is 26.8 Å². The molecule has 3 aromatic rings. The minimum Gasteiger partial charge on any atom is -0.491 e. The van der Waals surface area contributed by atoms with Gasteiger partial charge < -0.3 is 29.3 Å². The average Bonchev–Trinajstić information content (AvgIpc) is 3.55. The van der Waals surface area contributed by atoms with Crippen LogP contribution in [0.25, 0.3) is 22.6 Å². The molecule has 0 unspecified atom stereocenters. The van der Waals surface area contributed by atoms with E-state index >= 15 is 0 Å². The summed E-state index contributed by atoms with van der Waals surface area (Å²) in [5, 5.41) is 17.7. The smallest absolute Gasteiger partial charge is 0.181 e. The van der Waals surface area contributed by atoms with E-state index in [0.717, 1.165) is 72.7 Å². The fourth-order valence-electron chi connectivity index (χ4n) is 5.46. The molecule has 3 heterocycles. The Balaban J connectivity index is 1.64. The van der Waals surface area contributed by atoms with Gasteiger partial charge in [0.2, 0.25) is 0 Å². The molecule has 4 rings (SSSR count). The largest absolute Gasteiger partial charge is 0.491 e. The van der Waals surface area contributed by atoms with Gasteiger partial charge in [0, 0.05) is 30.4 Å². The highest BCUT2D eigenvalue weighted by Gasteiger charge is 2.26. The second-order valence-corrected chi connectivity index (χ2v) is 10.9. The summed E-state index contributed by atoms with van der Waals surface area (Å²) in [6, 6.07) is 5.80. The number of aryl methyl sites for hydroxylation is 3.